The van der Waals surface area contributed by atoms with Crippen molar-refractivity contribution in [2.45, 2.75) is 6.92 Å². The van der Waals surface area contributed by atoms with E-state index in [1.54, 1.807) is 12.1 Å². The van der Waals surface area contributed by atoms with Crippen molar-refractivity contribution in [3.8, 4) is 5.75 Å². The van der Waals surface area contributed by atoms with E-state index in [1.165, 1.54) is 12.1 Å². The first-order valence-electron chi connectivity index (χ1n) is 3.99. The maximum Gasteiger partial charge on any atom is 0.189 e. The highest BCUT2D eigenvalue weighted by atomic mass is 35.5. The van der Waals surface area contributed by atoms with Crippen LogP contribution < -0.4 is 5.43 Å². The molecule has 1 aromatic carbocycles. The number of benzene rings is 1. The lowest BCUT2D eigenvalue weighted by molar-refractivity contribution is 0.476. The molecule has 0 atom stereocenters. The summed E-state index contributed by atoms with van der Waals surface area (Å²) in [4.78, 5) is 14.5. The lowest BCUT2D eigenvalue weighted by Gasteiger charge is -1.99. The molecule has 0 fully saturated rings. The number of fused-ring (bicyclic) bond motifs is 1. The van der Waals surface area contributed by atoms with Crippen molar-refractivity contribution in [2.24, 2.45) is 0 Å². The number of hydrogen-bond donors (Lipinski definition) is 2. The van der Waals surface area contributed by atoms with Gasteiger partial charge in [-0.15, -0.1) is 12.4 Å². The third-order valence-corrected chi connectivity index (χ3v) is 1.95. The average Bonchev–Trinajstić information content (AvgIpc) is 2.06. The van der Waals surface area contributed by atoms with Crippen LogP contribution in [-0.4, -0.2) is 10.1 Å². The van der Waals surface area contributed by atoms with Crippen LogP contribution in [0.2, 0.25) is 0 Å². The van der Waals surface area contributed by atoms with Gasteiger partial charge in [0.15, 0.2) is 5.43 Å². The van der Waals surface area contributed by atoms with Crippen LogP contribution in [-0.2, 0) is 0 Å². The highest BCUT2D eigenvalue weighted by molar-refractivity contribution is 5.85. The third-order valence-electron chi connectivity index (χ3n) is 1.95. The van der Waals surface area contributed by atoms with E-state index in [0.717, 1.165) is 11.2 Å². The lowest BCUT2D eigenvalue weighted by atomic mass is 10.2. The van der Waals surface area contributed by atoms with Gasteiger partial charge in [0, 0.05) is 22.7 Å². The number of aromatic hydroxyl groups is 1. The van der Waals surface area contributed by atoms with Crippen LogP contribution in [0, 0.1) is 6.92 Å². The monoisotopic (exact) mass is 211 g/mol. The molecule has 2 aromatic rings. The molecular formula is C10H10ClNO2. The summed E-state index contributed by atoms with van der Waals surface area (Å²) >= 11 is 0. The molecule has 0 saturated heterocycles. The molecule has 74 valence electrons. The third kappa shape index (κ3) is 1.72. The maximum atomic E-state index is 11.4. The lowest BCUT2D eigenvalue weighted by Crippen LogP contribution is -2.02. The predicted molar refractivity (Wildman–Crippen MR) is 58.2 cm³/mol. The fraction of sp³-hybridized carbons (Fsp3) is 0.100. The Labute approximate surface area is 86.8 Å². The van der Waals surface area contributed by atoms with Crippen LogP contribution in [0.4, 0.5) is 0 Å². The molecule has 2 rings (SSSR count). The van der Waals surface area contributed by atoms with Crippen LogP contribution in [0.15, 0.2) is 29.1 Å². The normalized spacial score (nSPS) is 9.79. The first-order chi connectivity index (χ1) is 6.16. The van der Waals surface area contributed by atoms with Gasteiger partial charge in [0.05, 0.1) is 0 Å². The standard InChI is InChI=1S/C10H9NO2.ClH/c1-6-4-10(13)8-5-7(12)2-3-9(8)11-6;/h2-5,12H,1H3,(H,11,13);1H. The zero-order valence-corrected chi connectivity index (χ0v) is 8.39. The van der Waals surface area contributed by atoms with Gasteiger partial charge in [-0.25, -0.2) is 0 Å². The van der Waals surface area contributed by atoms with Crippen LogP contribution in [0.1, 0.15) is 5.69 Å². The van der Waals surface area contributed by atoms with Crippen LogP contribution in [0.3, 0.4) is 0 Å². The molecule has 0 aliphatic rings. The maximum absolute atomic E-state index is 11.4. The Morgan fingerprint density at radius 1 is 1.29 bits per heavy atom. The molecular weight excluding hydrogens is 202 g/mol. The summed E-state index contributed by atoms with van der Waals surface area (Å²) < 4.78 is 0. The van der Waals surface area contributed by atoms with Crippen molar-refractivity contribution in [3.63, 3.8) is 0 Å². The van der Waals surface area contributed by atoms with Gasteiger partial charge < -0.3 is 10.1 Å². The minimum Gasteiger partial charge on any atom is -0.508 e. The number of phenolic OH excluding ortho intramolecular Hbond substituents is 1. The number of nitrogens with one attached hydrogen (secondary N) is 1. The molecule has 1 heterocycles. The molecule has 1 aromatic heterocycles. The number of aromatic nitrogens is 1. The fourth-order valence-corrected chi connectivity index (χ4v) is 1.37. The smallest absolute Gasteiger partial charge is 0.189 e. The second-order valence-electron chi connectivity index (χ2n) is 3.05. The first kappa shape index (κ1) is 10.6. The minimum absolute atomic E-state index is 0. The summed E-state index contributed by atoms with van der Waals surface area (Å²) in [5.74, 6) is 0.113. The Bertz CT molecular complexity index is 519. The van der Waals surface area contributed by atoms with Crippen molar-refractivity contribution in [3.05, 3.63) is 40.2 Å². The van der Waals surface area contributed by atoms with Crippen LogP contribution in [0.25, 0.3) is 10.9 Å². The molecule has 4 heteroatoms. The number of hydrogen-bond acceptors (Lipinski definition) is 2. The molecule has 0 amide bonds. The molecule has 2 N–H and O–H groups in total. The van der Waals surface area contributed by atoms with Gasteiger partial charge in [0.2, 0.25) is 0 Å². The summed E-state index contributed by atoms with van der Waals surface area (Å²) in [5.41, 5.74) is 1.51. The van der Waals surface area contributed by atoms with Gasteiger partial charge in [-0.1, -0.05) is 0 Å². The zero-order valence-electron chi connectivity index (χ0n) is 7.57. The van der Waals surface area contributed by atoms with E-state index >= 15 is 0 Å². The zero-order chi connectivity index (χ0) is 9.42. The van der Waals surface area contributed by atoms with Gasteiger partial charge in [-0.3, -0.25) is 4.79 Å². The van der Waals surface area contributed by atoms with Gasteiger partial charge in [0.25, 0.3) is 0 Å². The van der Waals surface area contributed by atoms with Crippen molar-refractivity contribution < 1.29 is 5.11 Å². The number of halogens is 1. The summed E-state index contributed by atoms with van der Waals surface area (Å²) in [5, 5.41) is 9.69. The minimum atomic E-state index is -0.0675. The van der Waals surface area contributed by atoms with Gasteiger partial charge in [-0.2, -0.15) is 0 Å². The Balaban J connectivity index is 0.000000980. The second kappa shape index (κ2) is 3.72. The SMILES string of the molecule is Cc1cc(=O)c2cc(O)ccc2[nH]1.Cl. The molecule has 3 nitrogen and oxygen atoms in total. The van der Waals surface area contributed by atoms with Crippen molar-refractivity contribution in [1.82, 2.24) is 4.98 Å². The van der Waals surface area contributed by atoms with E-state index in [1.807, 2.05) is 6.92 Å². The molecule has 0 radical (unpaired) electrons. The quantitative estimate of drug-likeness (QED) is 0.700. The summed E-state index contributed by atoms with van der Waals surface area (Å²) in [7, 11) is 0. The Hall–Kier alpha value is -1.48. The highest BCUT2D eigenvalue weighted by Crippen LogP contribution is 2.14. The Morgan fingerprint density at radius 2 is 2.00 bits per heavy atom. The van der Waals surface area contributed by atoms with E-state index in [-0.39, 0.29) is 23.6 Å². The summed E-state index contributed by atoms with van der Waals surface area (Å²) in [6, 6.07) is 6.23. The average molecular weight is 212 g/mol. The molecule has 0 aliphatic heterocycles. The number of aromatic amines is 1. The van der Waals surface area contributed by atoms with Gasteiger partial charge in [-0.05, 0) is 25.1 Å². The highest BCUT2D eigenvalue weighted by Gasteiger charge is 1.99. The topological polar surface area (TPSA) is 53.1 Å². The van der Waals surface area contributed by atoms with E-state index in [0.29, 0.717) is 5.39 Å². The van der Waals surface area contributed by atoms with Crippen molar-refractivity contribution in [1.29, 1.82) is 0 Å². The molecule has 0 spiro atoms. The summed E-state index contributed by atoms with van der Waals surface area (Å²) in [6.07, 6.45) is 0. The van der Waals surface area contributed by atoms with Crippen molar-refractivity contribution in [2.75, 3.05) is 0 Å². The number of aryl methyl sites for hydroxylation is 1. The number of rotatable bonds is 0. The molecule has 0 saturated carbocycles. The Kier molecular flexibility index (Phi) is 2.81. The largest absolute Gasteiger partial charge is 0.508 e. The fourth-order valence-electron chi connectivity index (χ4n) is 1.37. The summed E-state index contributed by atoms with van der Waals surface area (Å²) in [6.45, 7) is 1.83. The van der Waals surface area contributed by atoms with E-state index in [4.69, 9.17) is 0 Å². The Morgan fingerprint density at radius 3 is 2.71 bits per heavy atom. The van der Waals surface area contributed by atoms with E-state index in [9.17, 15) is 9.90 Å². The van der Waals surface area contributed by atoms with Gasteiger partial charge >= 0.3 is 0 Å². The molecule has 0 aliphatic carbocycles. The second-order valence-corrected chi connectivity index (χ2v) is 3.05. The molecule has 0 unspecified atom stereocenters. The molecule has 14 heavy (non-hydrogen) atoms. The molecule has 0 bridgehead atoms. The van der Waals surface area contributed by atoms with Crippen LogP contribution in [0.5, 0.6) is 5.75 Å². The van der Waals surface area contributed by atoms with Crippen LogP contribution >= 0.6 is 12.4 Å². The van der Waals surface area contributed by atoms with E-state index < -0.39 is 0 Å². The number of H-pyrrole nitrogens is 1. The van der Waals surface area contributed by atoms with Crippen molar-refractivity contribution >= 4 is 23.3 Å². The number of pyridine rings is 1. The van der Waals surface area contributed by atoms with E-state index in [2.05, 4.69) is 4.98 Å². The first-order valence-corrected chi connectivity index (χ1v) is 3.99. The predicted octanol–water partition coefficient (Wildman–Crippen LogP) is 1.96. The number of phenols is 1. The van der Waals surface area contributed by atoms with Gasteiger partial charge in [0.1, 0.15) is 5.75 Å².